The molecule has 1 aliphatic heterocycles. The van der Waals surface area contributed by atoms with Crippen molar-refractivity contribution in [2.24, 2.45) is 0 Å². The largest absolute Gasteiger partial charge is 0.325 e. The lowest BCUT2D eigenvalue weighted by atomic mass is 10.1. The van der Waals surface area contributed by atoms with Gasteiger partial charge in [0.15, 0.2) is 9.84 Å². The Morgan fingerprint density at radius 1 is 1.21 bits per heavy atom. The minimum atomic E-state index is -3.06. The maximum absolute atomic E-state index is 11.4. The van der Waals surface area contributed by atoms with E-state index in [1.165, 1.54) is 6.26 Å². The van der Waals surface area contributed by atoms with Gasteiger partial charge in [0.2, 0.25) is 0 Å². The van der Waals surface area contributed by atoms with E-state index in [9.17, 15) is 8.42 Å². The zero-order chi connectivity index (χ0) is 16.9. The molecule has 1 atom stereocenters. The summed E-state index contributed by atoms with van der Waals surface area (Å²) in [5.74, 6) is 1.14. The van der Waals surface area contributed by atoms with Crippen LogP contribution in [0.2, 0.25) is 0 Å². The summed E-state index contributed by atoms with van der Waals surface area (Å²) in [5, 5.41) is 0. The summed E-state index contributed by atoms with van der Waals surface area (Å²) in [4.78, 5) is 9.01. The lowest BCUT2D eigenvalue weighted by molar-refractivity contribution is 0.596. The zero-order valence-electron chi connectivity index (χ0n) is 13.7. The summed E-state index contributed by atoms with van der Waals surface area (Å²) in [7, 11) is -3.06. The van der Waals surface area contributed by atoms with Crippen LogP contribution < -0.4 is 0 Å². The molecule has 5 nitrogen and oxygen atoms in total. The molecule has 0 saturated heterocycles. The van der Waals surface area contributed by atoms with Gasteiger partial charge < -0.3 is 4.57 Å². The number of pyridine rings is 1. The maximum atomic E-state index is 11.4. The Hall–Kier alpha value is -2.21. The number of hydrogen-bond acceptors (Lipinski definition) is 4. The summed E-state index contributed by atoms with van der Waals surface area (Å²) < 4.78 is 25.0. The van der Waals surface area contributed by atoms with Gasteiger partial charge in [0, 0.05) is 30.5 Å². The molecule has 3 heterocycles. The van der Waals surface area contributed by atoms with Gasteiger partial charge in [-0.1, -0.05) is 12.1 Å². The van der Waals surface area contributed by atoms with E-state index in [-0.39, 0.29) is 5.75 Å². The molecule has 4 rings (SSSR count). The van der Waals surface area contributed by atoms with Crippen molar-refractivity contribution in [2.75, 3.05) is 6.26 Å². The number of rotatable bonds is 3. The molecule has 0 radical (unpaired) electrons. The first-order chi connectivity index (χ1) is 11.4. The SMILES string of the molecule is C[C@H]1CCc2nc3ccc(-c4ccc(CS(C)(=O)=O)nc4)cc3n21. The monoisotopic (exact) mass is 341 g/mol. The predicted octanol–water partition coefficient (Wildman–Crippen LogP) is 3.15. The van der Waals surface area contributed by atoms with Gasteiger partial charge in [-0.3, -0.25) is 4.98 Å². The highest BCUT2D eigenvalue weighted by atomic mass is 32.2. The Morgan fingerprint density at radius 2 is 2.00 bits per heavy atom. The summed E-state index contributed by atoms with van der Waals surface area (Å²) in [6.45, 7) is 2.23. The molecular weight excluding hydrogens is 322 g/mol. The van der Waals surface area contributed by atoms with Crippen LogP contribution in [-0.2, 0) is 22.0 Å². The molecule has 0 amide bonds. The standard InChI is InChI=1S/C18H19N3O2S/c1-12-3-8-18-20-16-7-5-13(9-17(16)21(12)18)14-4-6-15(19-10-14)11-24(2,22)23/h4-7,9-10,12H,3,8,11H2,1-2H3/t12-/m0/s1. The number of fused-ring (bicyclic) bond motifs is 3. The predicted molar refractivity (Wildman–Crippen MR) is 94.5 cm³/mol. The van der Waals surface area contributed by atoms with Gasteiger partial charge in [-0.05, 0) is 37.1 Å². The highest BCUT2D eigenvalue weighted by molar-refractivity contribution is 7.89. The molecule has 0 saturated carbocycles. The molecule has 0 spiro atoms. The van der Waals surface area contributed by atoms with Crippen molar-refractivity contribution in [3.63, 3.8) is 0 Å². The summed E-state index contributed by atoms with van der Waals surface area (Å²) in [6, 6.07) is 10.4. The molecule has 0 aliphatic carbocycles. The van der Waals surface area contributed by atoms with Crippen LogP contribution in [0, 0.1) is 0 Å². The third kappa shape index (κ3) is 2.71. The number of hydrogen-bond donors (Lipinski definition) is 0. The van der Waals surface area contributed by atoms with Crippen molar-refractivity contribution in [2.45, 2.75) is 31.6 Å². The molecule has 24 heavy (non-hydrogen) atoms. The van der Waals surface area contributed by atoms with Gasteiger partial charge >= 0.3 is 0 Å². The van der Waals surface area contributed by atoms with E-state index in [1.807, 2.05) is 18.2 Å². The second kappa shape index (κ2) is 5.41. The van der Waals surface area contributed by atoms with Crippen LogP contribution in [0.15, 0.2) is 36.5 Å². The molecule has 0 N–H and O–H groups in total. The highest BCUT2D eigenvalue weighted by Gasteiger charge is 2.22. The van der Waals surface area contributed by atoms with Crippen molar-refractivity contribution < 1.29 is 8.42 Å². The van der Waals surface area contributed by atoms with Gasteiger partial charge in [-0.25, -0.2) is 13.4 Å². The molecule has 6 heteroatoms. The minimum Gasteiger partial charge on any atom is -0.325 e. The quantitative estimate of drug-likeness (QED) is 0.734. The van der Waals surface area contributed by atoms with Crippen molar-refractivity contribution in [1.82, 2.24) is 14.5 Å². The van der Waals surface area contributed by atoms with E-state index < -0.39 is 9.84 Å². The first-order valence-electron chi connectivity index (χ1n) is 8.04. The third-order valence-corrected chi connectivity index (χ3v) is 5.38. The lowest BCUT2D eigenvalue weighted by Crippen LogP contribution is -2.02. The molecule has 0 bridgehead atoms. The van der Waals surface area contributed by atoms with Crippen LogP contribution in [-0.4, -0.2) is 29.2 Å². The first-order valence-corrected chi connectivity index (χ1v) is 10.1. The van der Waals surface area contributed by atoms with Gasteiger partial charge in [0.1, 0.15) is 5.82 Å². The first kappa shape index (κ1) is 15.3. The molecule has 1 aliphatic rings. The Morgan fingerprint density at radius 3 is 2.71 bits per heavy atom. The van der Waals surface area contributed by atoms with Crippen LogP contribution >= 0.6 is 0 Å². The Labute approximate surface area is 141 Å². The van der Waals surface area contributed by atoms with Crippen LogP contribution in [0.3, 0.4) is 0 Å². The fourth-order valence-electron chi connectivity index (χ4n) is 3.41. The minimum absolute atomic E-state index is 0.0278. The molecule has 0 fully saturated rings. The van der Waals surface area contributed by atoms with Crippen molar-refractivity contribution in [3.8, 4) is 11.1 Å². The van der Waals surface area contributed by atoms with E-state index in [2.05, 4.69) is 22.5 Å². The van der Waals surface area contributed by atoms with Crippen LogP contribution in [0.4, 0.5) is 0 Å². The summed E-state index contributed by atoms with van der Waals surface area (Å²) in [5.41, 5.74) is 4.81. The van der Waals surface area contributed by atoms with E-state index in [1.54, 1.807) is 12.3 Å². The molecular formula is C18H19N3O2S. The van der Waals surface area contributed by atoms with E-state index in [0.717, 1.165) is 40.8 Å². The van der Waals surface area contributed by atoms with Gasteiger partial charge in [-0.2, -0.15) is 0 Å². The van der Waals surface area contributed by atoms with Crippen LogP contribution in [0.1, 0.15) is 30.9 Å². The topological polar surface area (TPSA) is 64.8 Å². The van der Waals surface area contributed by atoms with E-state index in [0.29, 0.717) is 11.7 Å². The second-order valence-electron chi connectivity index (χ2n) is 6.60. The van der Waals surface area contributed by atoms with Crippen molar-refractivity contribution >= 4 is 20.9 Å². The van der Waals surface area contributed by atoms with Gasteiger partial charge in [0.25, 0.3) is 0 Å². The molecule has 124 valence electrons. The maximum Gasteiger partial charge on any atom is 0.153 e. The Balaban J connectivity index is 1.73. The fraction of sp³-hybridized carbons (Fsp3) is 0.333. The molecule has 0 unspecified atom stereocenters. The fourth-order valence-corrected chi connectivity index (χ4v) is 4.11. The molecule has 2 aromatic heterocycles. The number of aryl methyl sites for hydroxylation is 1. The number of aromatic nitrogens is 3. The highest BCUT2D eigenvalue weighted by Crippen LogP contribution is 2.32. The molecule has 1 aromatic carbocycles. The molecule has 3 aromatic rings. The van der Waals surface area contributed by atoms with Crippen molar-refractivity contribution in [3.05, 3.63) is 48.0 Å². The Bertz CT molecular complexity index is 1020. The van der Waals surface area contributed by atoms with Crippen molar-refractivity contribution in [1.29, 1.82) is 0 Å². The van der Waals surface area contributed by atoms with E-state index >= 15 is 0 Å². The van der Waals surface area contributed by atoms with E-state index in [4.69, 9.17) is 4.98 Å². The number of nitrogens with zero attached hydrogens (tertiary/aromatic N) is 3. The average molecular weight is 341 g/mol. The smallest absolute Gasteiger partial charge is 0.153 e. The summed E-state index contributed by atoms with van der Waals surface area (Å²) in [6.07, 6.45) is 5.14. The van der Waals surface area contributed by atoms with Crippen LogP contribution in [0.25, 0.3) is 22.2 Å². The zero-order valence-corrected chi connectivity index (χ0v) is 14.5. The lowest BCUT2D eigenvalue weighted by Gasteiger charge is -2.09. The second-order valence-corrected chi connectivity index (χ2v) is 8.74. The normalized spacial score (nSPS) is 17.3. The van der Waals surface area contributed by atoms with Crippen LogP contribution in [0.5, 0.6) is 0 Å². The Kier molecular flexibility index (Phi) is 3.46. The number of sulfone groups is 1. The van der Waals surface area contributed by atoms with Gasteiger partial charge in [-0.15, -0.1) is 0 Å². The summed E-state index contributed by atoms with van der Waals surface area (Å²) >= 11 is 0. The third-order valence-electron chi connectivity index (χ3n) is 4.56. The van der Waals surface area contributed by atoms with Gasteiger partial charge in [0.05, 0.1) is 22.5 Å². The average Bonchev–Trinajstić information content (AvgIpc) is 3.06. The number of imidazole rings is 1. The number of benzene rings is 1.